The van der Waals surface area contributed by atoms with Crippen LogP contribution in [0.2, 0.25) is 0 Å². The average molecular weight is 508 g/mol. The van der Waals surface area contributed by atoms with Crippen molar-refractivity contribution in [2.24, 2.45) is 4.99 Å². The molecule has 1 aromatic carbocycles. The molecule has 1 saturated heterocycles. The van der Waals surface area contributed by atoms with Crippen molar-refractivity contribution in [1.82, 2.24) is 25.4 Å². The third-order valence-corrected chi connectivity index (χ3v) is 5.18. The Balaban J connectivity index is 0.00000300. The Kier molecular flexibility index (Phi) is 10.4. The number of guanidine groups is 1. The summed E-state index contributed by atoms with van der Waals surface area (Å²) in [5.41, 5.74) is 2.42. The molecule has 0 saturated carbocycles. The second kappa shape index (κ2) is 12.8. The van der Waals surface area contributed by atoms with Gasteiger partial charge in [-0.1, -0.05) is 36.4 Å². The Morgan fingerprint density at radius 2 is 1.90 bits per heavy atom. The highest BCUT2D eigenvalue weighted by atomic mass is 127. The van der Waals surface area contributed by atoms with E-state index in [9.17, 15) is 0 Å². The predicted molar refractivity (Wildman–Crippen MR) is 131 cm³/mol. The van der Waals surface area contributed by atoms with Gasteiger partial charge in [-0.15, -0.1) is 24.0 Å². The summed E-state index contributed by atoms with van der Waals surface area (Å²) in [7, 11) is 4.02. The van der Waals surface area contributed by atoms with Crippen molar-refractivity contribution in [3.63, 3.8) is 0 Å². The zero-order valence-electron chi connectivity index (χ0n) is 17.4. The second-order valence-electron chi connectivity index (χ2n) is 7.25. The van der Waals surface area contributed by atoms with Gasteiger partial charge in [0.1, 0.15) is 0 Å². The molecule has 1 aliphatic heterocycles. The largest absolute Gasteiger partial charge is 0.356 e. The fourth-order valence-electron chi connectivity index (χ4n) is 3.60. The second-order valence-corrected chi connectivity index (χ2v) is 7.25. The first kappa shape index (κ1) is 23.6. The number of aromatic nitrogens is 1. The van der Waals surface area contributed by atoms with E-state index in [1.165, 1.54) is 5.56 Å². The van der Waals surface area contributed by atoms with Gasteiger partial charge < -0.3 is 15.5 Å². The molecule has 6 nitrogen and oxygen atoms in total. The lowest BCUT2D eigenvalue weighted by Crippen LogP contribution is -2.47. The van der Waals surface area contributed by atoms with E-state index in [1.807, 2.05) is 24.4 Å². The lowest BCUT2D eigenvalue weighted by Gasteiger charge is -2.40. The van der Waals surface area contributed by atoms with Crippen LogP contribution < -0.4 is 10.6 Å². The molecule has 1 fully saturated rings. The van der Waals surface area contributed by atoms with Crippen molar-refractivity contribution in [3.8, 4) is 0 Å². The molecule has 2 N–H and O–H groups in total. The Hall–Kier alpha value is -1.71. The Morgan fingerprint density at radius 1 is 1.10 bits per heavy atom. The number of benzene rings is 1. The number of hydrogen-bond donors (Lipinski definition) is 2. The molecule has 0 spiro atoms. The fraction of sp³-hybridized carbons (Fsp3) is 0.455. The number of piperazine rings is 1. The van der Waals surface area contributed by atoms with Crippen LogP contribution >= 0.6 is 24.0 Å². The third-order valence-electron chi connectivity index (χ3n) is 5.18. The van der Waals surface area contributed by atoms with E-state index in [4.69, 9.17) is 0 Å². The Bertz CT molecular complexity index is 725. The maximum absolute atomic E-state index is 4.33. The van der Waals surface area contributed by atoms with Gasteiger partial charge >= 0.3 is 0 Å². The van der Waals surface area contributed by atoms with Gasteiger partial charge in [0.15, 0.2) is 5.96 Å². The summed E-state index contributed by atoms with van der Waals surface area (Å²) < 4.78 is 0. The van der Waals surface area contributed by atoms with Crippen molar-refractivity contribution in [2.45, 2.75) is 19.0 Å². The van der Waals surface area contributed by atoms with Gasteiger partial charge in [-0.25, -0.2) is 0 Å². The van der Waals surface area contributed by atoms with Crippen LogP contribution in [-0.4, -0.2) is 67.6 Å². The Morgan fingerprint density at radius 3 is 2.62 bits per heavy atom. The summed E-state index contributed by atoms with van der Waals surface area (Å²) in [4.78, 5) is 13.7. The first-order valence-electron chi connectivity index (χ1n) is 10.1. The molecule has 3 rings (SSSR count). The van der Waals surface area contributed by atoms with Crippen molar-refractivity contribution in [3.05, 3.63) is 66.0 Å². The van der Waals surface area contributed by atoms with E-state index in [0.29, 0.717) is 12.6 Å². The summed E-state index contributed by atoms with van der Waals surface area (Å²) in [5, 5.41) is 6.74. The van der Waals surface area contributed by atoms with Crippen LogP contribution in [0.3, 0.4) is 0 Å². The van der Waals surface area contributed by atoms with Gasteiger partial charge in [-0.05, 0) is 31.2 Å². The monoisotopic (exact) mass is 508 g/mol. The first-order chi connectivity index (χ1) is 13.8. The number of aliphatic imine (C=N–C) groups is 1. The molecule has 1 aromatic heterocycles. The lowest BCUT2D eigenvalue weighted by atomic mass is 10.0. The molecule has 158 valence electrons. The smallest absolute Gasteiger partial charge is 0.191 e. The number of hydrogen-bond acceptors (Lipinski definition) is 4. The third kappa shape index (κ3) is 7.56. The standard InChI is InChI=1S/C22H32N6.HI/c1-23-22(26-17-20-11-6-7-12-24-20)25-13-8-14-28-16-15-27(2)18-21(28)19-9-4-3-5-10-19;/h3-7,9-12,21H,8,13-18H2,1-2H3,(H2,23,25,26);1H. The van der Waals surface area contributed by atoms with E-state index >= 15 is 0 Å². The minimum atomic E-state index is 0. The molecule has 2 heterocycles. The fourth-order valence-corrected chi connectivity index (χ4v) is 3.60. The highest BCUT2D eigenvalue weighted by Gasteiger charge is 2.25. The molecule has 0 bridgehead atoms. The van der Waals surface area contributed by atoms with Crippen LogP contribution in [0.4, 0.5) is 0 Å². The van der Waals surface area contributed by atoms with Crippen LogP contribution in [-0.2, 0) is 6.54 Å². The van der Waals surface area contributed by atoms with Crippen LogP contribution in [0.1, 0.15) is 23.7 Å². The summed E-state index contributed by atoms with van der Waals surface area (Å²) in [6.07, 6.45) is 2.89. The number of rotatable bonds is 7. The zero-order valence-corrected chi connectivity index (χ0v) is 19.8. The molecule has 7 heteroatoms. The van der Waals surface area contributed by atoms with Crippen LogP contribution in [0.25, 0.3) is 0 Å². The highest BCUT2D eigenvalue weighted by molar-refractivity contribution is 14.0. The highest BCUT2D eigenvalue weighted by Crippen LogP contribution is 2.24. The van der Waals surface area contributed by atoms with E-state index in [0.717, 1.165) is 50.8 Å². The van der Waals surface area contributed by atoms with Gasteiger partial charge in [-0.3, -0.25) is 14.9 Å². The van der Waals surface area contributed by atoms with Crippen molar-refractivity contribution < 1.29 is 0 Å². The van der Waals surface area contributed by atoms with Crippen LogP contribution in [0.5, 0.6) is 0 Å². The normalized spacial score (nSPS) is 18.1. The molecule has 1 aliphatic rings. The molecule has 2 aromatic rings. The zero-order chi connectivity index (χ0) is 19.6. The van der Waals surface area contributed by atoms with Gasteiger partial charge in [0, 0.05) is 52.0 Å². The lowest BCUT2D eigenvalue weighted by molar-refractivity contribution is 0.0891. The molecule has 1 atom stereocenters. The van der Waals surface area contributed by atoms with E-state index < -0.39 is 0 Å². The number of nitrogens with zero attached hydrogens (tertiary/aromatic N) is 4. The summed E-state index contributed by atoms with van der Waals surface area (Å²) in [6, 6.07) is 17.3. The number of halogens is 1. The van der Waals surface area contributed by atoms with Gasteiger partial charge in [0.05, 0.1) is 12.2 Å². The topological polar surface area (TPSA) is 55.8 Å². The minimum absolute atomic E-state index is 0. The van der Waals surface area contributed by atoms with Crippen molar-refractivity contribution in [1.29, 1.82) is 0 Å². The van der Waals surface area contributed by atoms with Crippen molar-refractivity contribution in [2.75, 3.05) is 46.8 Å². The quantitative estimate of drug-likeness (QED) is 0.261. The molecule has 1 unspecified atom stereocenters. The maximum Gasteiger partial charge on any atom is 0.191 e. The molecule has 0 aliphatic carbocycles. The first-order valence-corrected chi connectivity index (χ1v) is 10.1. The minimum Gasteiger partial charge on any atom is -0.356 e. The van der Waals surface area contributed by atoms with Crippen molar-refractivity contribution >= 4 is 29.9 Å². The van der Waals surface area contributed by atoms with Crippen LogP contribution in [0, 0.1) is 0 Å². The maximum atomic E-state index is 4.33. The number of pyridine rings is 1. The van der Waals surface area contributed by atoms with Crippen LogP contribution in [0.15, 0.2) is 59.7 Å². The van der Waals surface area contributed by atoms with Gasteiger partial charge in [0.2, 0.25) is 0 Å². The summed E-state index contributed by atoms with van der Waals surface area (Å²) in [5.74, 6) is 0.823. The SMILES string of the molecule is CN=C(NCCCN1CCN(C)CC1c1ccccc1)NCc1ccccn1.I. The van der Waals surface area contributed by atoms with E-state index in [-0.39, 0.29) is 24.0 Å². The molecular formula is C22H33IN6. The number of likely N-dealkylation sites (N-methyl/N-ethyl adjacent to an activating group) is 1. The predicted octanol–water partition coefficient (Wildman–Crippen LogP) is 2.74. The molecule has 0 amide bonds. The molecule has 0 radical (unpaired) electrons. The number of nitrogens with one attached hydrogen (secondary N) is 2. The van der Waals surface area contributed by atoms with E-state index in [2.05, 4.69) is 67.8 Å². The van der Waals surface area contributed by atoms with Gasteiger partial charge in [-0.2, -0.15) is 0 Å². The molecular weight excluding hydrogens is 475 g/mol. The van der Waals surface area contributed by atoms with Gasteiger partial charge in [0.25, 0.3) is 0 Å². The average Bonchev–Trinajstić information content (AvgIpc) is 2.75. The molecule has 29 heavy (non-hydrogen) atoms. The van der Waals surface area contributed by atoms with E-state index in [1.54, 1.807) is 7.05 Å². The summed E-state index contributed by atoms with van der Waals surface area (Å²) in [6.45, 7) is 5.99. The Labute approximate surface area is 191 Å². The summed E-state index contributed by atoms with van der Waals surface area (Å²) >= 11 is 0.